The van der Waals surface area contributed by atoms with Crippen LogP contribution in [0.1, 0.15) is 125 Å². The van der Waals surface area contributed by atoms with Crippen molar-refractivity contribution >= 4 is 0 Å². The number of hydrogen-bond donors (Lipinski definition) is 2. The van der Waals surface area contributed by atoms with Crippen LogP contribution in [0.15, 0.2) is 0 Å². The van der Waals surface area contributed by atoms with E-state index in [1.165, 1.54) is 64.2 Å². The highest BCUT2D eigenvalue weighted by Crippen LogP contribution is 2.65. The summed E-state index contributed by atoms with van der Waals surface area (Å²) in [6, 6.07) is 0. The molecule has 9 unspecified atom stereocenters. The number of hydrogen-bond acceptors (Lipinski definition) is 2. The third-order valence-corrected chi connectivity index (χ3v) is 11.3. The van der Waals surface area contributed by atoms with E-state index in [1.807, 2.05) is 0 Å². The van der Waals surface area contributed by atoms with Gasteiger partial charge in [-0.15, -0.1) is 0 Å². The van der Waals surface area contributed by atoms with Crippen LogP contribution in [-0.2, 0) is 0 Å². The van der Waals surface area contributed by atoms with Crippen LogP contribution >= 0.6 is 0 Å². The molecule has 4 fully saturated rings. The predicted molar refractivity (Wildman–Crippen MR) is 130 cm³/mol. The third kappa shape index (κ3) is 4.64. The van der Waals surface area contributed by atoms with Crippen LogP contribution in [0.25, 0.3) is 0 Å². The normalized spacial score (nSPS) is 48.4. The molecular weight excluding hydrogens is 380 g/mol. The first-order chi connectivity index (χ1) is 14.4. The zero-order chi connectivity index (χ0) is 22.7. The Labute approximate surface area is 193 Å². The van der Waals surface area contributed by atoms with Gasteiger partial charge >= 0.3 is 0 Å². The number of rotatable bonds is 7. The lowest BCUT2D eigenvalue weighted by Crippen LogP contribution is -2.55. The van der Waals surface area contributed by atoms with E-state index in [0.717, 1.165) is 42.9 Å². The van der Waals surface area contributed by atoms with E-state index in [9.17, 15) is 10.2 Å². The summed E-state index contributed by atoms with van der Waals surface area (Å²) in [5.74, 6) is 4.60. The van der Waals surface area contributed by atoms with Gasteiger partial charge in [-0.05, 0) is 137 Å². The molecule has 0 aromatic heterocycles. The highest BCUT2D eigenvalue weighted by atomic mass is 16.3. The van der Waals surface area contributed by atoms with Crippen LogP contribution in [0.5, 0.6) is 0 Å². The Hall–Kier alpha value is -0.0800. The standard InChI is InChI=1S/C29H52O2/c1-7-24-23-11-10-22-19-27(4,30)16-17-28(22,5)25(23)13-14-26(24,3)18-20(2)12-15-29(6,31)21-8-9-21/h20-25,30-31H,7-19H2,1-6H3. The molecule has 0 bridgehead atoms. The molecule has 0 amide bonds. The average molecular weight is 433 g/mol. The lowest BCUT2D eigenvalue weighted by molar-refractivity contribution is -0.150. The second kappa shape index (κ2) is 8.30. The lowest BCUT2D eigenvalue weighted by Gasteiger charge is -2.62. The maximum atomic E-state index is 10.8. The Kier molecular flexibility index (Phi) is 6.44. The molecule has 2 heteroatoms. The van der Waals surface area contributed by atoms with Gasteiger partial charge < -0.3 is 10.2 Å². The Morgan fingerprint density at radius 3 is 2.35 bits per heavy atom. The van der Waals surface area contributed by atoms with E-state index in [2.05, 4.69) is 41.5 Å². The van der Waals surface area contributed by atoms with Crippen molar-refractivity contribution in [3.8, 4) is 0 Å². The monoisotopic (exact) mass is 432 g/mol. The zero-order valence-corrected chi connectivity index (χ0v) is 21.6. The minimum atomic E-state index is -0.429. The minimum Gasteiger partial charge on any atom is -0.390 e. The van der Waals surface area contributed by atoms with Crippen LogP contribution in [0, 0.1) is 46.3 Å². The van der Waals surface area contributed by atoms with Crippen molar-refractivity contribution in [1.29, 1.82) is 0 Å². The van der Waals surface area contributed by atoms with Gasteiger partial charge in [0.1, 0.15) is 0 Å². The van der Waals surface area contributed by atoms with Gasteiger partial charge in [-0.2, -0.15) is 0 Å². The smallest absolute Gasteiger partial charge is 0.0647 e. The molecule has 4 saturated carbocycles. The maximum Gasteiger partial charge on any atom is 0.0647 e. The Balaban J connectivity index is 1.42. The van der Waals surface area contributed by atoms with Gasteiger partial charge in [0.05, 0.1) is 11.2 Å². The molecule has 4 aliphatic rings. The summed E-state index contributed by atoms with van der Waals surface area (Å²) < 4.78 is 0. The fourth-order valence-electron chi connectivity index (χ4n) is 9.22. The van der Waals surface area contributed by atoms with Gasteiger partial charge in [-0.3, -0.25) is 0 Å². The van der Waals surface area contributed by atoms with Crippen LogP contribution < -0.4 is 0 Å². The fraction of sp³-hybridized carbons (Fsp3) is 1.00. The Morgan fingerprint density at radius 2 is 1.71 bits per heavy atom. The van der Waals surface area contributed by atoms with Crippen LogP contribution in [0.4, 0.5) is 0 Å². The number of fused-ring (bicyclic) bond motifs is 3. The van der Waals surface area contributed by atoms with Crippen molar-refractivity contribution < 1.29 is 10.2 Å². The molecule has 4 rings (SSSR count). The highest BCUT2D eigenvalue weighted by molar-refractivity contribution is 5.07. The van der Waals surface area contributed by atoms with Gasteiger partial charge in [0, 0.05) is 0 Å². The molecule has 0 heterocycles. The van der Waals surface area contributed by atoms with Gasteiger partial charge in [0.2, 0.25) is 0 Å². The summed E-state index contributed by atoms with van der Waals surface area (Å²) in [5.41, 5.74) is 0.0617. The Bertz CT molecular complexity index is 635. The molecule has 0 saturated heterocycles. The van der Waals surface area contributed by atoms with E-state index in [-0.39, 0.29) is 0 Å². The molecule has 0 aromatic rings. The SMILES string of the molecule is CCC1C2CCC3CC(C)(O)CCC3(C)C2CCC1(C)CC(C)CCC(C)(O)C1CC1. The summed E-state index contributed by atoms with van der Waals surface area (Å²) >= 11 is 0. The first-order valence-corrected chi connectivity index (χ1v) is 13.8. The molecule has 2 nitrogen and oxygen atoms in total. The summed E-state index contributed by atoms with van der Waals surface area (Å²) in [4.78, 5) is 0. The molecule has 180 valence electrons. The molecule has 2 N–H and O–H groups in total. The Morgan fingerprint density at radius 1 is 1.00 bits per heavy atom. The van der Waals surface area contributed by atoms with Crippen LogP contribution in [0.2, 0.25) is 0 Å². The minimum absolute atomic E-state index is 0.424. The predicted octanol–water partition coefficient (Wildman–Crippen LogP) is 7.36. The summed E-state index contributed by atoms with van der Waals surface area (Å²) in [6.07, 6.45) is 16.0. The first-order valence-electron chi connectivity index (χ1n) is 13.8. The van der Waals surface area contributed by atoms with Crippen molar-refractivity contribution in [2.24, 2.45) is 46.3 Å². The molecule has 4 aliphatic carbocycles. The second-order valence-corrected chi connectivity index (χ2v) is 13.9. The van der Waals surface area contributed by atoms with Crippen molar-refractivity contribution in [2.45, 2.75) is 136 Å². The quantitative estimate of drug-likeness (QED) is 0.441. The zero-order valence-electron chi connectivity index (χ0n) is 21.6. The van der Waals surface area contributed by atoms with E-state index in [0.29, 0.717) is 22.7 Å². The highest BCUT2D eigenvalue weighted by Gasteiger charge is 2.57. The largest absolute Gasteiger partial charge is 0.390 e. The third-order valence-electron chi connectivity index (χ3n) is 11.3. The summed E-state index contributed by atoms with van der Waals surface area (Å²) in [6.45, 7) is 14.3. The van der Waals surface area contributed by atoms with Crippen molar-refractivity contribution in [3.63, 3.8) is 0 Å². The summed E-state index contributed by atoms with van der Waals surface area (Å²) in [7, 11) is 0. The fourth-order valence-corrected chi connectivity index (χ4v) is 9.22. The molecular formula is C29H52O2. The van der Waals surface area contributed by atoms with Gasteiger partial charge in [0.15, 0.2) is 0 Å². The van der Waals surface area contributed by atoms with Crippen molar-refractivity contribution in [1.82, 2.24) is 0 Å². The second-order valence-electron chi connectivity index (χ2n) is 13.9. The van der Waals surface area contributed by atoms with E-state index < -0.39 is 11.2 Å². The molecule has 31 heavy (non-hydrogen) atoms. The molecule has 9 atom stereocenters. The topological polar surface area (TPSA) is 40.5 Å². The van der Waals surface area contributed by atoms with Crippen molar-refractivity contribution in [3.05, 3.63) is 0 Å². The van der Waals surface area contributed by atoms with E-state index in [4.69, 9.17) is 0 Å². The van der Waals surface area contributed by atoms with Gasteiger partial charge in [0.25, 0.3) is 0 Å². The molecule has 0 radical (unpaired) electrons. The van der Waals surface area contributed by atoms with Gasteiger partial charge in [-0.25, -0.2) is 0 Å². The lowest BCUT2D eigenvalue weighted by atomic mass is 9.43. The maximum absolute atomic E-state index is 10.8. The van der Waals surface area contributed by atoms with E-state index in [1.54, 1.807) is 0 Å². The molecule has 0 aromatic carbocycles. The van der Waals surface area contributed by atoms with Crippen molar-refractivity contribution in [2.75, 3.05) is 0 Å². The number of aliphatic hydroxyl groups is 2. The summed E-state index contributed by atoms with van der Waals surface area (Å²) in [5, 5.41) is 21.5. The average Bonchev–Trinajstić information content (AvgIpc) is 3.52. The van der Waals surface area contributed by atoms with Crippen LogP contribution in [0.3, 0.4) is 0 Å². The molecule has 0 aliphatic heterocycles. The first kappa shape index (κ1) is 24.1. The molecule has 0 spiro atoms. The van der Waals surface area contributed by atoms with Gasteiger partial charge in [-0.1, -0.05) is 34.1 Å². The van der Waals surface area contributed by atoms with Crippen LogP contribution in [-0.4, -0.2) is 21.4 Å². The van der Waals surface area contributed by atoms with E-state index >= 15 is 0 Å².